The molecule has 0 aliphatic rings. The molecule has 0 aliphatic heterocycles. The molecule has 7 nitrogen and oxygen atoms in total. The van der Waals surface area contributed by atoms with Crippen LogP contribution >= 0.6 is 15.2 Å². The average molecular weight is 372 g/mol. The normalized spacial score (nSPS) is 18.4. The quantitative estimate of drug-likeness (QED) is 0.260. The third-order valence-electron chi connectivity index (χ3n) is 2.47. The molecule has 2 unspecified atom stereocenters. The molecular formula is C11H20Na2O7P2. The summed E-state index contributed by atoms with van der Waals surface area (Å²) in [7, 11) is -11.0. The van der Waals surface area contributed by atoms with Gasteiger partial charge in [-0.15, -0.1) is 0 Å². The fourth-order valence-electron chi connectivity index (χ4n) is 1.29. The van der Waals surface area contributed by atoms with E-state index in [0.29, 0.717) is 5.57 Å². The topological polar surface area (TPSA) is 130 Å². The zero-order chi connectivity index (χ0) is 16.2. The molecule has 0 aliphatic carbocycles. The van der Waals surface area contributed by atoms with Gasteiger partial charge in [-0.05, 0) is 27.7 Å². The van der Waals surface area contributed by atoms with Crippen LogP contribution in [0.4, 0.5) is 0 Å². The Kier molecular flexibility index (Phi) is 14.8. The van der Waals surface area contributed by atoms with Crippen molar-refractivity contribution < 1.29 is 92.6 Å². The van der Waals surface area contributed by atoms with Gasteiger partial charge in [0.15, 0.2) is 20.3 Å². The van der Waals surface area contributed by atoms with Crippen molar-refractivity contribution in [1.29, 1.82) is 0 Å². The number of hydrogen-bond donors (Lipinski definition) is 2. The molecule has 0 heterocycles. The molecule has 118 valence electrons. The fourth-order valence-corrected chi connectivity index (χ4v) is 3.69. The predicted molar refractivity (Wildman–Crippen MR) is 71.8 cm³/mol. The van der Waals surface area contributed by atoms with E-state index in [1.54, 1.807) is 27.7 Å². The van der Waals surface area contributed by atoms with E-state index in [1.165, 1.54) is 12.2 Å². The van der Waals surface area contributed by atoms with Crippen molar-refractivity contribution in [2.45, 2.75) is 39.2 Å². The number of rotatable bonds is 7. The van der Waals surface area contributed by atoms with Gasteiger partial charge >= 0.3 is 59.1 Å². The van der Waals surface area contributed by atoms with Crippen LogP contribution in [0, 0.1) is 0 Å². The van der Waals surface area contributed by atoms with Crippen LogP contribution in [0.3, 0.4) is 0 Å². The predicted octanol–water partition coefficient (Wildman–Crippen LogP) is -4.92. The monoisotopic (exact) mass is 372 g/mol. The van der Waals surface area contributed by atoms with E-state index in [0.717, 1.165) is 5.57 Å². The summed E-state index contributed by atoms with van der Waals surface area (Å²) in [5, 5.41) is -3.07. The first-order valence-corrected chi connectivity index (χ1v) is 8.97. The molecule has 0 amide bonds. The summed E-state index contributed by atoms with van der Waals surface area (Å²) < 4.78 is 27.8. The van der Waals surface area contributed by atoms with E-state index in [4.69, 9.17) is 4.74 Å². The zero-order valence-corrected chi connectivity index (χ0v) is 19.7. The van der Waals surface area contributed by atoms with Crippen LogP contribution in [0.1, 0.15) is 34.1 Å². The fraction of sp³-hybridized carbons (Fsp3) is 0.636. The molecule has 0 bridgehead atoms. The summed E-state index contributed by atoms with van der Waals surface area (Å²) in [6.45, 7) is 6.25. The number of ether oxygens (including phenoxy) is 1. The van der Waals surface area contributed by atoms with Crippen LogP contribution in [0.5, 0.6) is 0 Å². The molecule has 2 N–H and O–H groups in total. The van der Waals surface area contributed by atoms with E-state index in [-0.39, 0.29) is 65.7 Å². The molecular weight excluding hydrogens is 352 g/mol. The largest absolute Gasteiger partial charge is 1.00 e. The van der Waals surface area contributed by atoms with Gasteiger partial charge < -0.3 is 33.4 Å². The van der Waals surface area contributed by atoms with E-state index in [1.807, 2.05) is 0 Å². The van der Waals surface area contributed by atoms with E-state index >= 15 is 0 Å². The van der Waals surface area contributed by atoms with Crippen molar-refractivity contribution >= 4 is 15.2 Å². The molecule has 0 rings (SSSR count). The Morgan fingerprint density at radius 3 is 1.64 bits per heavy atom. The molecule has 0 aromatic carbocycles. The van der Waals surface area contributed by atoms with Gasteiger partial charge in [-0.1, -0.05) is 23.3 Å². The van der Waals surface area contributed by atoms with Crippen LogP contribution in [-0.4, -0.2) is 21.5 Å². The van der Waals surface area contributed by atoms with Crippen molar-refractivity contribution in [3.63, 3.8) is 0 Å². The van der Waals surface area contributed by atoms with Gasteiger partial charge in [-0.25, -0.2) is 0 Å². The minimum Gasteiger partial charge on any atom is -0.776 e. The molecule has 0 aromatic rings. The maximum atomic E-state index is 11.5. The summed E-state index contributed by atoms with van der Waals surface area (Å²) in [5.74, 6) is 0. The molecule has 0 radical (unpaired) electrons. The molecule has 0 fully saturated rings. The van der Waals surface area contributed by atoms with Gasteiger partial charge in [0.25, 0.3) is 0 Å². The second-order valence-electron chi connectivity index (χ2n) is 4.86. The Hall–Kier alpha value is 1.74. The first kappa shape index (κ1) is 28.5. The third-order valence-corrected chi connectivity index (χ3v) is 6.37. The zero-order valence-electron chi connectivity index (χ0n) is 13.9. The average Bonchev–Trinajstić information content (AvgIpc) is 2.18. The Bertz CT molecular complexity index is 463. The molecule has 0 saturated carbocycles. The van der Waals surface area contributed by atoms with Crippen molar-refractivity contribution in [2.75, 3.05) is 6.61 Å². The smallest absolute Gasteiger partial charge is 0.776 e. The summed E-state index contributed by atoms with van der Waals surface area (Å²) in [6, 6.07) is 0. The minimum atomic E-state index is -5.52. The Morgan fingerprint density at radius 2 is 1.36 bits per heavy atom. The maximum Gasteiger partial charge on any atom is 1.00 e. The van der Waals surface area contributed by atoms with Crippen LogP contribution in [0.25, 0.3) is 0 Å². The van der Waals surface area contributed by atoms with Gasteiger partial charge in [0.05, 0.1) is 6.61 Å². The number of allylic oxidation sites excluding steroid dienone is 2. The van der Waals surface area contributed by atoms with Crippen LogP contribution < -0.4 is 68.9 Å². The SMILES string of the molecule is CC(C)=CCOC(CC=C(C)C)(P(=O)([O-])O)P(=O)([O-])O.[Na+].[Na+]. The number of hydrogen-bond acceptors (Lipinski definition) is 5. The summed E-state index contributed by atoms with van der Waals surface area (Å²) in [6.07, 6.45) is 1.99. The second-order valence-corrected chi connectivity index (χ2v) is 8.74. The Balaban J connectivity index is -0.00000180. The molecule has 2 atom stereocenters. The van der Waals surface area contributed by atoms with Crippen molar-refractivity contribution in [2.24, 2.45) is 0 Å². The van der Waals surface area contributed by atoms with Crippen molar-refractivity contribution in [1.82, 2.24) is 0 Å². The molecule has 0 saturated heterocycles. The van der Waals surface area contributed by atoms with E-state index in [9.17, 15) is 28.7 Å². The van der Waals surface area contributed by atoms with E-state index < -0.39 is 26.7 Å². The maximum absolute atomic E-state index is 11.5. The van der Waals surface area contributed by atoms with Crippen LogP contribution in [0.2, 0.25) is 0 Å². The van der Waals surface area contributed by atoms with Gasteiger partial charge in [-0.3, -0.25) is 0 Å². The Labute approximate surface area is 175 Å². The first-order valence-electron chi connectivity index (χ1n) is 5.82. The van der Waals surface area contributed by atoms with Crippen LogP contribution in [0.15, 0.2) is 23.3 Å². The van der Waals surface area contributed by atoms with Crippen LogP contribution in [-0.2, 0) is 13.9 Å². The van der Waals surface area contributed by atoms with Gasteiger partial charge in [0.1, 0.15) is 0 Å². The summed E-state index contributed by atoms with van der Waals surface area (Å²) in [4.78, 5) is 41.4. The molecule has 0 aromatic heterocycles. The second kappa shape index (κ2) is 11.4. The minimum absolute atomic E-state index is 0. The molecule has 22 heavy (non-hydrogen) atoms. The van der Waals surface area contributed by atoms with Gasteiger partial charge in [0, 0.05) is 6.42 Å². The summed E-state index contributed by atoms with van der Waals surface area (Å²) in [5.41, 5.74) is 1.38. The standard InChI is InChI=1S/C11H22O7P2.2Na/c1-9(2)5-7-11(19(12,13)14,20(15,16)17)18-8-6-10(3)4;;/h5-6H,7-8H2,1-4H3,(H2,12,13,14)(H2,15,16,17);;/q;2*+1/p-2. The van der Waals surface area contributed by atoms with E-state index in [2.05, 4.69) is 0 Å². The van der Waals surface area contributed by atoms with Gasteiger partial charge in [0.2, 0.25) is 0 Å². The van der Waals surface area contributed by atoms with Gasteiger partial charge in [-0.2, -0.15) is 0 Å². The van der Waals surface area contributed by atoms with Crippen molar-refractivity contribution in [3.8, 4) is 0 Å². The molecule has 11 heteroatoms. The Morgan fingerprint density at radius 1 is 1.00 bits per heavy atom. The molecule has 0 spiro atoms. The van der Waals surface area contributed by atoms with Crippen molar-refractivity contribution in [3.05, 3.63) is 23.3 Å². The third kappa shape index (κ3) is 8.72. The first-order chi connectivity index (χ1) is 8.83. The summed E-state index contributed by atoms with van der Waals surface area (Å²) >= 11 is 0.